The van der Waals surface area contributed by atoms with Crippen LogP contribution in [0.25, 0.3) is 0 Å². The Hall–Kier alpha value is -1.71. The number of hydrogen-bond donors (Lipinski definition) is 2. The molecule has 2 rings (SSSR count). The molecule has 5 nitrogen and oxygen atoms in total. The molecule has 0 aliphatic rings. The summed E-state index contributed by atoms with van der Waals surface area (Å²) in [5.41, 5.74) is 2.28. The molecular formula is C19H27F2IN4O. The summed E-state index contributed by atoms with van der Waals surface area (Å²) < 4.78 is 32.3. The number of aryl methyl sites for hydroxylation is 2. The number of benzene rings is 1. The summed E-state index contributed by atoms with van der Waals surface area (Å²) in [4.78, 5) is 4.57. The summed E-state index contributed by atoms with van der Waals surface area (Å²) in [5, 5.41) is 10.4. The molecule has 1 heterocycles. The zero-order valence-corrected chi connectivity index (χ0v) is 18.3. The van der Waals surface area contributed by atoms with E-state index in [1.54, 1.807) is 6.07 Å². The molecule has 150 valence electrons. The minimum Gasteiger partial charge on any atom is -0.361 e. The van der Waals surface area contributed by atoms with Crippen molar-refractivity contribution in [3.8, 4) is 0 Å². The van der Waals surface area contributed by atoms with Gasteiger partial charge in [0.1, 0.15) is 5.76 Å². The van der Waals surface area contributed by atoms with Gasteiger partial charge in [0.15, 0.2) is 17.6 Å². The van der Waals surface area contributed by atoms with Gasteiger partial charge in [0, 0.05) is 25.1 Å². The van der Waals surface area contributed by atoms with Crippen LogP contribution in [0.4, 0.5) is 8.78 Å². The zero-order valence-electron chi connectivity index (χ0n) is 15.9. The van der Waals surface area contributed by atoms with E-state index in [0.717, 1.165) is 35.9 Å². The van der Waals surface area contributed by atoms with Crippen LogP contribution in [0.1, 0.15) is 43.4 Å². The smallest absolute Gasteiger partial charge is 0.191 e. The zero-order chi connectivity index (χ0) is 18.9. The molecule has 0 saturated heterocycles. The highest BCUT2D eigenvalue weighted by atomic mass is 127. The van der Waals surface area contributed by atoms with Crippen LogP contribution in [0.15, 0.2) is 27.7 Å². The molecular weight excluding hydrogens is 465 g/mol. The van der Waals surface area contributed by atoms with Crippen molar-refractivity contribution in [1.29, 1.82) is 0 Å². The topological polar surface area (TPSA) is 62.5 Å². The molecule has 8 heteroatoms. The van der Waals surface area contributed by atoms with Crippen molar-refractivity contribution in [3.05, 3.63) is 52.4 Å². The second-order valence-electron chi connectivity index (χ2n) is 5.82. The van der Waals surface area contributed by atoms with E-state index in [1.165, 1.54) is 6.07 Å². The fourth-order valence-corrected chi connectivity index (χ4v) is 2.67. The van der Waals surface area contributed by atoms with Crippen LogP contribution in [0.2, 0.25) is 0 Å². The Morgan fingerprint density at radius 1 is 1.15 bits per heavy atom. The Kier molecular flexibility index (Phi) is 10.3. The van der Waals surface area contributed by atoms with Crippen molar-refractivity contribution >= 4 is 29.9 Å². The quantitative estimate of drug-likeness (QED) is 0.333. The highest BCUT2D eigenvalue weighted by Crippen LogP contribution is 2.16. The number of aromatic nitrogens is 1. The predicted molar refractivity (Wildman–Crippen MR) is 114 cm³/mol. The molecule has 1 aromatic heterocycles. The van der Waals surface area contributed by atoms with Crippen molar-refractivity contribution in [2.45, 2.75) is 46.6 Å². The van der Waals surface area contributed by atoms with Gasteiger partial charge in [0.05, 0.1) is 12.2 Å². The van der Waals surface area contributed by atoms with Gasteiger partial charge in [0.2, 0.25) is 0 Å². The van der Waals surface area contributed by atoms with E-state index in [-0.39, 0.29) is 24.0 Å². The van der Waals surface area contributed by atoms with Gasteiger partial charge in [-0.25, -0.2) is 13.8 Å². The third kappa shape index (κ3) is 6.44. The van der Waals surface area contributed by atoms with E-state index in [9.17, 15) is 8.78 Å². The minimum absolute atomic E-state index is 0. The number of halogens is 3. The molecule has 0 aliphatic heterocycles. The lowest BCUT2D eigenvalue weighted by Crippen LogP contribution is -2.38. The molecule has 0 saturated carbocycles. The highest BCUT2D eigenvalue weighted by molar-refractivity contribution is 14.0. The first kappa shape index (κ1) is 23.3. The lowest BCUT2D eigenvalue weighted by atomic mass is 10.1. The molecule has 0 atom stereocenters. The number of nitrogens with one attached hydrogen (secondary N) is 2. The largest absolute Gasteiger partial charge is 0.361 e. The number of rotatable bonds is 8. The lowest BCUT2D eigenvalue weighted by Gasteiger charge is -2.12. The molecule has 0 spiro atoms. The van der Waals surface area contributed by atoms with Crippen LogP contribution in [-0.2, 0) is 25.8 Å². The summed E-state index contributed by atoms with van der Waals surface area (Å²) in [7, 11) is 0. The predicted octanol–water partition coefficient (Wildman–Crippen LogP) is 3.99. The van der Waals surface area contributed by atoms with Gasteiger partial charge in [-0.3, -0.25) is 0 Å². The van der Waals surface area contributed by atoms with Crippen LogP contribution in [0, 0.1) is 11.6 Å². The van der Waals surface area contributed by atoms with Gasteiger partial charge < -0.3 is 15.2 Å². The first-order chi connectivity index (χ1) is 12.6. The van der Waals surface area contributed by atoms with Gasteiger partial charge in [-0.15, -0.1) is 24.0 Å². The van der Waals surface area contributed by atoms with Crippen LogP contribution < -0.4 is 10.6 Å². The van der Waals surface area contributed by atoms with Crippen molar-refractivity contribution in [2.24, 2.45) is 4.99 Å². The van der Waals surface area contributed by atoms with Gasteiger partial charge in [-0.1, -0.05) is 31.1 Å². The summed E-state index contributed by atoms with van der Waals surface area (Å²) >= 11 is 0. The van der Waals surface area contributed by atoms with Crippen LogP contribution in [-0.4, -0.2) is 24.2 Å². The lowest BCUT2D eigenvalue weighted by molar-refractivity contribution is 0.380. The van der Waals surface area contributed by atoms with Gasteiger partial charge in [-0.05, 0) is 31.4 Å². The number of nitrogens with zero attached hydrogens (tertiary/aromatic N) is 2. The Bertz CT molecular complexity index is 728. The highest BCUT2D eigenvalue weighted by Gasteiger charge is 2.13. The SMILES string of the molecule is CCNC(=NCc1c(CC)noc1CC)NCCc1cccc(F)c1F.I. The molecule has 0 bridgehead atoms. The molecule has 0 amide bonds. The molecule has 0 unspecified atom stereocenters. The molecule has 2 N–H and O–H groups in total. The van der Waals surface area contributed by atoms with Crippen molar-refractivity contribution in [3.63, 3.8) is 0 Å². The van der Waals surface area contributed by atoms with Crippen LogP contribution in [0.5, 0.6) is 0 Å². The first-order valence-corrected chi connectivity index (χ1v) is 9.01. The fourth-order valence-electron chi connectivity index (χ4n) is 2.67. The average Bonchev–Trinajstić information content (AvgIpc) is 3.05. The third-order valence-corrected chi connectivity index (χ3v) is 4.06. The fraction of sp³-hybridized carbons (Fsp3) is 0.474. The standard InChI is InChI=1S/C19H26F2N4O.HI/c1-4-16-14(17(5-2)26-25-16)12-24-19(22-6-3)23-11-10-13-8-7-9-15(20)18(13)21;/h7-9H,4-6,10-12H2,1-3H3,(H2,22,23,24);1H. The molecule has 0 radical (unpaired) electrons. The van der Waals surface area contributed by atoms with E-state index in [1.807, 2.05) is 20.8 Å². The molecule has 0 fully saturated rings. The molecule has 0 aliphatic carbocycles. The van der Waals surface area contributed by atoms with Gasteiger partial charge in [-0.2, -0.15) is 0 Å². The Morgan fingerprint density at radius 3 is 2.59 bits per heavy atom. The number of aliphatic imine (C=N–C) groups is 1. The monoisotopic (exact) mass is 492 g/mol. The van der Waals surface area contributed by atoms with Crippen molar-refractivity contribution < 1.29 is 13.3 Å². The minimum atomic E-state index is -0.824. The van der Waals surface area contributed by atoms with E-state index in [4.69, 9.17) is 4.52 Å². The van der Waals surface area contributed by atoms with Crippen LogP contribution >= 0.6 is 24.0 Å². The van der Waals surface area contributed by atoms with Crippen molar-refractivity contribution in [2.75, 3.05) is 13.1 Å². The Labute approximate surface area is 176 Å². The molecule has 27 heavy (non-hydrogen) atoms. The molecule has 1 aromatic carbocycles. The number of hydrogen-bond acceptors (Lipinski definition) is 3. The van der Waals surface area contributed by atoms with Crippen LogP contribution in [0.3, 0.4) is 0 Å². The Morgan fingerprint density at radius 2 is 1.93 bits per heavy atom. The maximum Gasteiger partial charge on any atom is 0.191 e. The average molecular weight is 492 g/mol. The van der Waals surface area contributed by atoms with E-state index in [2.05, 4.69) is 20.8 Å². The second kappa shape index (κ2) is 11.9. The van der Waals surface area contributed by atoms with E-state index in [0.29, 0.717) is 37.6 Å². The molecule has 2 aromatic rings. The summed E-state index contributed by atoms with van der Waals surface area (Å²) in [6.45, 7) is 7.62. The number of guanidine groups is 1. The third-order valence-electron chi connectivity index (χ3n) is 4.06. The first-order valence-electron chi connectivity index (χ1n) is 9.01. The van der Waals surface area contributed by atoms with E-state index >= 15 is 0 Å². The summed E-state index contributed by atoms with van der Waals surface area (Å²) in [5.74, 6) is -0.145. The maximum absolute atomic E-state index is 13.7. The summed E-state index contributed by atoms with van der Waals surface area (Å²) in [6.07, 6.45) is 1.92. The summed E-state index contributed by atoms with van der Waals surface area (Å²) in [6, 6.07) is 4.22. The maximum atomic E-state index is 13.7. The normalized spacial score (nSPS) is 11.2. The van der Waals surface area contributed by atoms with Gasteiger partial charge >= 0.3 is 0 Å². The Balaban J connectivity index is 0.00000364. The van der Waals surface area contributed by atoms with E-state index < -0.39 is 11.6 Å². The van der Waals surface area contributed by atoms with Crippen molar-refractivity contribution in [1.82, 2.24) is 15.8 Å². The van der Waals surface area contributed by atoms with Gasteiger partial charge in [0.25, 0.3) is 0 Å². The second-order valence-corrected chi connectivity index (χ2v) is 5.82.